The van der Waals surface area contributed by atoms with Gasteiger partial charge in [0, 0.05) is 5.56 Å². The number of hydrogen-bond acceptors (Lipinski definition) is 9. The fraction of sp³-hybridized carbons (Fsp3) is 0.300. The molecule has 6 N–H and O–H groups in total. The Morgan fingerprint density at radius 3 is 2.65 bits per heavy atom. The highest BCUT2D eigenvalue weighted by Crippen LogP contribution is 2.55. The molecule has 1 fully saturated rings. The van der Waals surface area contributed by atoms with Crippen LogP contribution in [0.4, 0.5) is 10.1 Å². The van der Waals surface area contributed by atoms with Gasteiger partial charge in [0.05, 0.1) is 29.9 Å². The van der Waals surface area contributed by atoms with Crippen molar-refractivity contribution >= 4 is 43.5 Å². The van der Waals surface area contributed by atoms with Crippen molar-refractivity contribution in [3.63, 3.8) is 0 Å². The standard InChI is InChI=1S/C20H22ClFN4O9P2/c1-10(11-4-2-3-5-13(11)22)24-14-6-16(21)25-19-12(14)7-23-26(19)20-18(28)17(27)15(35-20)8-34-37(32,33)9-36(29,30)31/h2-7,15,17-18,27-28H,8-9H2,1H3,(H,24,25)(H,32,33)(H2,29,30,31)/t15-,17-,18-/m1/s1. The van der Waals surface area contributed by atoms with E-state index in [1.807, 2.05) is 0 Å². The highest BCUT2D eigenvalue weighted by molar-refractivity contribution is 7.70. The van der Waals surface area contributed by atoms with Crippen molar-refractivity contribution in [3.8, 4) is 0 Å². The number of hydrogen-bond donors (Lipinski definition) is 6. The number of halogens is 2. The molecule has 1 unspecified atom stereocenters. The first-order valence-corrected chi connectivity index (χ1v) is 14.5. The fourth-order valence-corrected chi connectivity index (χ4v) is 6.44. The number of rotatable bonds is 9. The van der Waals surface area contributed by atoms with E-state index >= 15 is 0 Å². The highest BCUT2D eigenvalue weighted by atomic mass is 35.5. The molecular formula is C20H22ClFN4O9P2. The van der Waals surface area contributed by atoms with Gasteiger partial charge in [0.15, 0.2) is 11.6 Å². The SMILES string of the molecule is C[C](Nc1cc(Cl)nc2c1cnn2[C]1O[C@H](COP(=O)(O)CP(=O)(O)O)[C@@H](O)[C@H]1O)c1ccccc1F. The molecule has 4 rings (SSSR count). The van der Waals surface area contributed by atoms with Gasteiger partial charge in [0.1, 0.15) is 29.3 Å². The molecule has 0 saturated carbocycles. The summed E-state index contributed by atoms with van der Waals surface area (Å²) in [4.78, 5) is 31.6. The molecule has 13 nitrogen and oxygen atoms in total. The summed E-state index contributed by atoms with van der Waals surface area (Å²) in [7, 11) is -9.58. The molecule has 4 atom stereocenters. The van der Waals surface area contributed by atoms with E-state index in [4.69, 9.17) is 30.6 Å². The van der Waals surface area contributed by atoms with Crippen LogP contribution in [-0.2, 0) is 18.4 Å². The van der Waals surface area contributed by atoms with Crippen LogP contribution in [0.2, 0.25) is 5.15 Å². The number of pyridine rings is 1. The highest BCUT2D eigenvalue weighted by Gasteiger charge is 2.47. The van der Waals surface area contributed by atoms with Gasteiger partial charge in [-0.2, -0.15) is 5.10 Å². The summed E-state index contributed by atoms with van der Waals surface area (Å²) in [6.45, 7) is 0.890. The van der Waals surface area contributed by atoms with Gasteiger partial charge in [-0.1, -0.05) is 29.8 Å². The normalized spacial score (nSPS) is 22.6. The second-order valence-electron chi connectivity index (χ2n) is 8.19. The molecule has 0 spiro atoms. The Labute approximate surface area is 214 Å². The van der Waals surface area contributed by atoms with Gasteiger partial charge in [0.2, 0.25) is 6.23 Å². The Kier molecular flexibility index (Phi) is 8.08. The summed E-state index contributed by atoms with van der Waals surface area (Å²) in [6.07, 6.45) is -3.61. The second-order valence-corrected chi connectivity index (χ2v) is 12.6. The molecule has 3 aromatic rings. The lowest BCUT2D eigenvalue weighted by atomic mass is 10.1. The first-order valence-electron chi connectivity index (χ1n) is 10.6. The molecule has 0 amide bonds. The van der Waals surface area contributed by atoms with Gasteiger partial charge < -0.3 is 39.5 Å². The van der Waals surface area contributed by atoms with Crippen molar-refractivity contribution in [3.05, 3.63) is 65.3 Å². The predicted octanol–water partition coefficient (Wildman–Crippen LogP) is 2.03. The average Bonchev–Trinajstić information content (AvgIpc) is 3.32. The molecule has 37 heavy (non-hydrogen) atoms. The molecule has 1 aliphatic rings. The third-order valence-electron chi connectivity index (χ3n) is 5.35. The van der Waals surface area contributed by atoms with Crippen LogP contribution < -0.4 is 5.32 Å². The van der Waals surface area contributed by atoms with E-state index in [1.54, 1.807) is 25.1 Å². The Morgan fingerprint density at radius 1 is 1.27 bits per heavy atom. The van der Waals surface area contributed by atoms with Crippen LogP contribution in [0.25, 0.3) is 11.0 Å². The Morgan fingerprint density at radius 2 is 1.97 bits per heavy atom. The van der Waals surface area contributed by atoms with Crippen molar-refractivity contribution in [2.75, 3.05) is 17.8 Å². The van der Waals surface area contributed by atoms with Crippen molar-refractivity contribution in [2.24, 2.45) is 0 Å². The van der Waals surface area contributed by atoms with Crippen molar-refractivity contribution in [1.29, 1.82) is 0 Å². The van der Waals surface area contributed by atoms with Gasteiger partial charge in [-0.05, 0) is 19.1 Å². The lowest BCUT2D eigenvalue weighted by Crippen LogP contribution is -2.34. The van der Waals surface area contributed by atoms with Gasteiger partial charge in [0.25, 0.3) is 0 Å². The molecular weight excluding hydrogens is 557 g/mol. The zero-order valence-electron chi connectivity index (χ0n) is 19.0. The molecule has 2 radical (unpaired) electrons. The Balaban J connectivity index is 1.56. The van der Waals surface area contributed by atoms with Crippen molar-refractivity contribution in [2.45, 2.75) is 25.2 Å². The number of ether oxygens (including phenoxy) is 1. The van der Waals surface area contributed by atoms with Crippen LogP contribution in [0.5, 0.6) is 0 Å². The molecule has 3 heterocycles. The molecule has 200 valence electrons. The summed E-state index contributed by atoms with van der Waals surface area (Å²) < 4.78 is 48.4. The number of aliphatic hydroxyl groups excluding tert-OH is 2. The van der Waals surface area contributed by atoms with E-state index in [0.717, 1.165) is 4.68 Å². The van der Waals surface area contributed by atoms with Crippen LogP contribution in [0.15, 0.2) is 36.5 Å². The fourth-order valence-electron chi connectivity index (χ4n) is 3.68. The second kappa shape index (κ2) is 10.7. The van der Waals surface area contributed by atoms with E-state index in [2.05, 4.69) is 15.4 Å². The van der Waals surface area contributed by atoms with Crippen LogP contribution in [0, 0.1) is 18.1 Å². The summed E-state index contributed by atoms with van der Waals surface area (Å²) in [5.41, 5.74) is 0.841. The smallest absolute Gasteiger partial charge is 0.340 e. The van der Waals surface area contributed by atoms with Crippen LogP contribution in [0.3, 0.4) is 0 Å². The number of anilines is 1. The van der Waals surface area contributed by atoms with Crippen LogP contribution in [-0.4, -0.2) is 70.5 Å². The largest absolute Gasteiger partial charge is 0.387 e. The maximum Gasteiger partial charge on any atom is 0.340 e. The minimum Gasteiger partial charge on any atom is -0.387 e. The topological polar surface area (TPSA) is 196 Å². The monoisotopic (exact) mass is 578 g/mol. The number of fused-ring (bicyclic) bond motifs is 1. The van der Waals surface area contributed by atoms with E-state index in [1.165, 1.54) is 18.3 Å². The molecule has 1 aromatic carbocycles. The van der Waals surface area contributed by atoms with Crippen molar-refractivity contribution in [1.82, 2.24) is 14.8 Å². The van der Waals surface area contributed by atoms with Gasteiger partial charge >= 0.3 is 15.2 Å². The number of aromatic nitrogens is 3. The van der Waals surface area contributed by atoms with E-state index < -0.39 is 51.8 Å². The average molecular weight is 579 g/mol. The maximum absolute atomic E-state index is 14.2. The Bertz CT molecular complexity index is 1390. The molecule has 1 aliphatic heterocycles. The summed E-state index contributed by atoms with van der Waals surface area (Å²) in [5.74, 6) is -1.86. The minimum absolute atomic E-state index is 0.0188. The summed E-state index contributed by atoms with van der Waals surface area (Å²) >= 11 is 6.19. The van der Waals surface area contributed by atoms with Gasteiger partial charge in [-0.25, -0.2) is 14.1 Å². The number of benzene rings is 1. The third-order valence-corrected chi connectivity index (χ3v) is 9.00. The van der Waals surface area contributed by atoms with E-state index in [-0.39, 0.29) is 17.0 Å². The first kappa shape index (κ1) is 28.1. The molecule has 0 aliphatic carbocycles. The summed E-state index contributed by atoms with van der Waals surface area (Å²) in [6, 6.07) is 8.11. The first-order chi connectivity index (χ1) is 17.3. The van der Waals surface area contributed by atoms with Crippen molar-refractivity contribution < 1.29 is 47.7 Å². The lowest BCUT2D eigenvalue weighted by molar-refractivity contribution is -0.00295. The zero-order chi connectivity index (χ0) is 27.1. The van der Waals surface area contributed by atoms with Gasteiger partial charge in [-0.3, -0.25) is 9.13 Å². The predicted molar refractivity (Wildman–Crippen MR) is 129 cm³/mol. The van der Waals surface area contributed by atoms with Crippen LogP contribution >= 0.6 is 26.8 Å². The maximum atomic E-state index is 14.2. The zero-order valence-corrected chi connectivity index (χ0v) is 21.5. The molecule has 2 aromatic heterocycles. The van der Waals surface area contributed by atoms with E-state index in [0.29, 0.717) is 22.7 Å². The minimum atomic E-state index is -4.86. The molecule has 1 saturated heterocycles. The summed E-state index contributed by atoms with van der Waals surface area (Å²) in [5, 5.41) is 28.5. The Hall–Kier alpha value is -1.96. The van der Waals surface area contributed by atoms with Gasteiger partial charge in [-0.15, -0.1) is 0 Å². The van der Waals surface area contributed by atoms with E-state index in [9.17, 15) is 28.6 Å². The molecule has 17 heteroatoms. The number of nitrogens with zero attached hydrogens (tertiary/aromatic N) is 3. The van der Waals surface area contributed by atoms with Crippen LogP contribution in [0.1, 0.15) is 12.5 Å². The lowest BCUT2D eigenvalue weighted by Gasteiger charge is -2.18. The third kappa shape index (κ3) is 6.37. The molecule has 0 bridgehead atoms. The quantitative estimate of drug-likeness (QED) is 0.160. The number of aliphatic hydroxyl groups is 2. The number of nitrogens with one attached hydrogen (secondary N) is 1.